The molecule has 0 atom stereocenters. The number of nitrogens with zero attached hydrogens (tertiary/aromatic N) is 2. The summed E-state index contributed by atoms with van der Waals surface area (Å²) in [5.74, 6) is -0.0602. The van der Waals surface area contributed by atoms with E-state index in [0.29, 0.717) is 6.42 Å². The van der Waals surface area contributed by atoms with E-state index in [-0.39, 0.29) is 5.75 Å². The van der Waals surface area contributed by atoms with Gasteiger partial charge in [0.1, 0.15) is 0 Å². The Labute approximate surface area is 81.9 Å². The average Bonchev–Trinajstić information content (AvgIpc) is 2.47. The number of hydrogen-bond acceptors (Lipinski definition) is 3. The van der Waals surface area contributed by atoms with Gasteiger partial charge in [-0.05, 0) is 13.0 Å². The first-order valence-corrected chi connectivity index (χ1v) is 6.44. The van der Waals surface area contributed by atoms with Gasteiger partial charge in [0.25, 0.3) is 0 Å². The summed E-state index contributed by atoms with van der Waals surface area (Å²) in [6, 6.07) is 1.80. The number of aromatic nitrogens is 2. The third-order valence-electron chi connectivity index (χ3n) is 1.62. The van der Waals surface area contributed by atoms with Gasteiger partial charge in [0.15, 0.2) is 0 Å². The van der Waals surface area contributed by atoms with Crippen molar-refractivity contribution >= 4 is 19.7 Å². The Bertz CT molecular complexity index is 372. The maximum atomic E-state index is 10.6. The van der Waals surface area contributed by atoms with Gasteiger partial charge in [-0.2, -0.15) is 5.10 Å². The minimum atomic E-state index is -3.40. The van der Waals surface area contributed by atoms with Crippen molar-refractivity contribution in [1.29, 1.82) is 0 Å². The van der Waals surface area contributed by atoms with Crippen molar-refractivity contribution in [3.8, 4) is 0 Å². The van der Waals surface area contributed by atoms with Gasteiger partial charge in [-0.1, -0.05) is 0 Å². The summed E-state index contributed by atoms with van der Waals surface area (Å²) < 4.78 is 23.0. The Balaban J connectivity index is 2.55. The normalized spacial score (nSPS) is 11.8. The van der Waals surface area contributed by atoms with E-state index in [1.54, 1.807) is 10.7 Å². The first kappa shape index (κ1) is 10.5. The fraction of sp³-hybridized carbons (Fsp3) is 0.571. The van der Waals surface area contributed by atoms with Crippen LogP contribution in [0.3, 0.4) is 0 Å². The highest BCUT2D eigenvalue weighted by molar-refractivity contribution is 8.13. The highest BCUT2D eigenvalue weighted by Gasteiger charge is 2.06. The topological polar surface area (TPSA) is 52.0 Å². The van der Waals surface area contributed by atoms with Crippen molar-refractivity contribution in [3.05, 3.63) is 18.0 Å². The van der Waals surface area contributed by atoms with Crippen LogP contribution in [0.25, 0.3) is 0 Å². The van der Waals surface area contributed by atoms with E-state index < -0.39 is 9.05 Å². The lowest BCUT2D eigenvalue weighted by Crippen LogP contribution is -2.02. The summed E-state index contributed by atoms with van der Waals surface area (Å²) in [6.45, 7) is 2.75. The minimum absolute atomic E-state index is 0.0602. The van der Waals surface area contributed by atoms with Gasteiger partial charge in [0.05, 0.1) is 11.4 Å². The van der Waals surface area contributed by atoms with Crippen molar-refractivity contribution in [1.82, 2.24) is 9.78 Å². The van der Waals surface area contributed by atoms with E-state index in [4.69, 9.17) is 10.7 Å². The molecule has 0 radical (unpaired) electrons. The lowest BCUT2D eigenvalue weighted by Gasteiger charge is -1.94. The molecule has 0 saturated carbocycles. The Kier molecular flexibility index (Phi) is 3.33. The van der Waals surface area contributed by atoms with E-state index in [0.717, 1.165) is 12.2 Å². The van der Waals surface area contributed by atoms with Crippen molar-refractivity contribution < 1.29 is 8.42 Å². The number of rotatable bonds is 4. The van der Waals surface area contributed by atoms with E-state index >= 15 is 0 Å². The summed E-state index contributed by atoms with van der Waals surface area (Å²) in [5, 5.41) is 4.13. The lowest BCUT2D eigenvalue weighted by atomic mass is 10.3. The van der Waals surface area contributed by atoms with Crippen molar-refractivity contribution in [3.63, 3.8) is 0 Å². The first-order valence-electron chi connectivity index (χ1n) is 3.96. The highest BCUT2D eigenvalue weighted by atomic mass is 35.7. The molecule has 0 bridgehead atoms. The van der Waals surface area contributed by atoms with Gasteiger partial charge in [-0.3, -0.25) is 4.68 Å². The SMILES string of the molecule is CCn1ccc(CCS(=O)(=O)Cl)n1. The Morgan fingerprint density at radius 2 is 2.31 bits per heavy atom. The zero-order valence-corrected chi connectivity index (χ0v) is 8.85. The zero-order chi connectivity index (χ0) is 9.90. The zero-order valence-electron chi connectivity index (χ0n) is 7.27. The first-order chi connectivity index (χ1) is 6.01. The van der Waals surface area contributed by atoms with Crippen LogP contribution in [0.1, 0.15) is 12.6 Å². The Morgan fingerprint density at radius 1 is 1.62 bits per heavy atom. The molecule has 1 aromatic rings. The molecular formula is C7H11ClN2O2S. The number of halogens is 1. The van der Waals surface area contributed by atoms with Crippen LogP contribution in [0.15, 0.2) is 12.3 Å². The molecule has 74 valence electrons. The molecular weight excluding hydrogens is 212 g/mol. The van der Waals surface area contributed by atoms with Gasteiger partial charge in [-0.25, -0.2) is 8.42 Å². The maximum absolute atomic E-state index is 10.6. The molecule has 0 fully saturated rings. The van der Waals surface area contributed by atoms with Crippen LogP contribution in [-0.2, 0) is 22.0 Å². The molecule has 0 unspecified atom stereocenters. The molecule has 1 aromatic heterocycles. The van der Waals surface area contributed by atoms with Gasteiger partial charge in [0, 0.05) is 29.8 Å². The smallest absolute Gasteiger partial charge is 0.232 e. The maximum Gasteiger partial charge on any atom is 0.232 e. The van der Waals surface area contributed by atoms with E-state index in [1.165, 1.54) is 0 Å². The van der Waals surface area contributed by atoms with Crippen LogP contribution >= 0.6 is 10.7 Å². The van der Waals surface area contributed by atoms with Crippen molar-refractivity contribution in [2.75, 3.05) is 5.75 Å². The standard InChI is InChI=1S/C7H11ClN2O2S/c1-2-10-5-3-7(9-10)4-6-13(8,11)12/h3,5H,2,4,6H2,1H3. The molecule has 0 spiro atoms. The average molecular weight is 223 g/mol. The Morgan fingerprint density at radius 3 is 2.77 bits per heavy atom. The molecule has 6 heteroatoms. The largest absolute Gasteiger partial charge is 0.273 e. The van der Waals surface area contributed by atoms with E-state index in [2.05, 4.69) is 5.10 Å². The second kappa shape index (κ2) is 4.11. The molecule has 0 amide bonds. The molecule has 0 aliphatic carbocycles. The van der Waals surface area contributed by atoms with Crippen LogP contribution in [0.2, 0.25) is 0 Å². The molecule has 13 heavy (non-hydrogen) atoms. The summed E-state index contributed by atoms with van der Waals surface area (Å²) in [5.41, 5.74) is 0.756. The molecule has 0 aliphatic rings. The summed E-state index contributed by atoms with van der Waals surface area (Å²) in [4.78, 5) is 0. The third-order valence-corrected chi connectivity index (χ3v) is 2.78. The monoisotopic (exact) mass is 222 g/mol. The predicted molar refractivity (Wildman–Crippen MR) is 51.2 cm³/mol. The summed E-state index contributed by atoms with van der Waals surface area (Å²) >= 11 is 0. The molecule has 1 rings (SSSR count). The molecule has 0 aromatic carbocycles. The van der Waals surface area contributed by atoms with Crippen molar-refractivity contribution in [2.24, 2.45) is 0 Å². The molecule has 4 nitrogen and oxygen atoms in total. The van der Waals surface area contributed by atoms with Gasteiger partial charge in [-0.15, -0.1) is 0 Å². The molecule has 0 N–H and O–H groups in total. The minimum Gasteiger partial charge on any atom is -0.273 e. The number of hydrogen-bond donors (Lipinski definition) is 0. The Hall–Kier alpha value is -0.550. The van der Waals surface area contributed by atoms with Crippen LogP contribution in [-0.4, -0.2) is 24.0 Å². The van der Waals surface area contributed by atoms with Crippen LogP contribution in [0.4, 0.5) is 0 Å². The van der Waals surface area contributed by atoms with Gasteiger partial charge >= 0.3 is 0 Å². The van der Waals surface area contributed by atoms with E-state index in [9.17, 15) is 8.42 Å². The summed E-state index contributed by atoms with van der Waals surface area (Å²) in [7, 11) is 1.66. The molecule has 0 aliphatic heterocycles. The summed E-state index contributed by atoms with van der Waals surface area (Å²) in [6.07, 6.45) is 2.19. The number of aryl methyl sites for hydroxylation is 2. The third kappa shape index (κ3) is 3.78. The van der Waals surface area contributed by atoms with E-state index in [1.807, 2.05) is 13.1 Å². The van der Waals surface area contributed by atoms with Gasteiger partial charge < -0.3 is 0 Å². The fourth-order valence-corrected chi connectivity index (χ4v) is 1.62. The molecule has 1 heterocycles. The van der Waals surface area contributed by atoms with Crippen LogP contribution < -0.4 is 0 Å². The quantitative estimate of drug-likeness (QED) is 0.715. The van der Waals surface area contributed by atoms with Gasteiger partial charge in [0.2, 0.25) is 9.05 Å². The van der Waals surface area contributed by atoms with Crippen LogP contribution in [0.5, 0.6) is 0 Å². The second-order valence-electron chi connectivity index (χ2n) is 2.66. The fourth-order valence-electron chi connectivity index (χ4n) is 0.940. The van der Waals surface area contributed by atoms with Crippen molar-refractivity contribution in [2.45, 2.75) is 19.9 Å². The molecule has 0 saturated heterocycles. The predicted octanol–water partition coefficient (Wildman–Crippen LogP) is 1.01. The van der Waals surface area contributed by atoms with Crippen LogP contribution in [0, 0.1) is 0 Å². The highest BCUT2D eigenvalue weighted by Crippen LogP contribution is 2.02. The second-order valence-corrected chi connectivity index (χ2v) is 5.55. The lowest BCUT2D eigenvalue weighted by molar-refractivity contribution is 0.607.